The largest absolute Gasteiger partial charge is 0.438 e. The lowest BCUT2D eigenvalue weighted by Gasteiger charge is -2.14. The summed E-state index contributed by atoms with van der Waals surface area (Å²) in [7, 11) is 0. The van der Waals surface area contributed by atoms with E-state index in [9.17, 15) is 14.9 Å². The average Bonchev–Trinajstić information content (AvgIpc) is 2.85. The first-order chi connectivity index (χ1) is 16.8. The molecule has 11 heteroatoms. The van der Waals surface area contributed by atoms with E-state index in [0.29, 0.717) is 28.0 Å². The molecular formula is C24H19Br2N5O4. The molecule has 0 aliphatic carbocycles. The topological polar surface area (TPSA) is 113 Å². The number of rotatable bonds is 7. The summed E-state index contributed by atoms with van der Waals surface area (Å²) in [6.45, 7) is 4.01. The van der Waals surface area contributed by atoms with Crippen LogP contribution in [0.15, 0.2) is 73.6 Å². The highest BCUT2D eigenvalue weighted by Crippen LogP contribution is 2.27. The van der Waals surface area contributed by atoms with Crippen LogP contribution in [0, 0.1) is 10.1 Å². The first kappa shape index (κ1) is 24.7. The van der Waals surface area contributed by atoms with Gasteiger partial charge in [-0.2, -0.15) is 9.78 Å². The van der Waals surface area contributed by atoms with Crippen LogP contribution in [0.3, 0.4) is 0 Å². The van der Waals surface area contributed by atoms with Gasteiger partial charge >= 0.3 is 0 Å². The first-order valence-corrected chi connectivity index (χ1v) is 12.2. The average molecular weight is 601 g/mol. The SMILES string of the molecule is CC[C@@H](C)c1nc2ccc(Br)cc2c(=O)n1N=Cc1cc(Br)ccc1Oc1ccc([N+](=O)[O-])cn1. The van der Waals surface area contributed by atoms with Gasteiger partial charge in [-0.25, -0.2) is 9.97 Å². The number of benzene rings is 2. The Hall–Kier alpha value is -3.44. The van der Waals surface area contributed by atoms with E-state index >= 15 is 0 Å². The minimum Gasteiger partial charge on any atom is -0.438 e. The normalized spacial score (nSPS) is 12.2. The van der Waals surface area contributed by atoms with Gasteiger partial charge in [0.15, 0.2) is 0 Å². The second-order valence-electron chi connectivity index (χ2n) is 7.70. The van der Waals surface area contributed by atoms with Gasteiger partial charge in [0.1, 0.15) is 17.8 Å². The van der Waals surface area contributed by atoms with E-state index in [1.165, 1.54) is 23.0 Å². The molecule has 178 valence electrons. The fraction of sp³-hybridized carbons (Fsp3) is 0.167. The maximum Gasteiger partial charge on any atom is 0.287 e. The number of ether oxygens (including phenoxy) is 1. The summed E-state index contributed by atoms with van der Waals surface area (Å²) in [5, 5.41) is 15.8. The van der Waals surface area contributed by atoms with Gasteiger partial charge in [0.25, 0.3) is 11.2 Å². The van der Waals surface area contributed by atoms with Crippen molar-refractivity contribution in [3.63, 3.8) is 0 Å². The van der Waals surface area contributed by atoms with Crippen LogP contribution >= 0.6 is 31.9 Å². The fourth-order valence-corrected chi connectivity index (χ4v) is 4.01. The Kier molecular flexibility index (Phi) is 7.37. The highest BCUT2D eigenvalue weighted by atomic mass is 79.9. The second kappa shape index (κ2) is 10.4. The van der Waals surface area contributed by atoms with E-state index in [0.717, 1.165) is 21.6 Å². The molecule has 0 bridgehead atoms. The molecule has 1 atom stereocenters. The van der Waals surface area contributed by atoms with Crippen molar-refractivity contribution < 1.29 is 9.66 Å². The van der Waals surface area contributed by atoms with E-state index < -0.39 is 4.92 Å². The molecular weight excluding hydrogens is 582 g/mol. The standard InChI is InChI=1S/C24H19Br2N5O4/c1-3-14(2)23-29-20-7-4-17(26)11-19(20)24(32)30(23)28-12-15-10-16(25)5-8-21(15)35-22-9-6-18(13-27-22)31(33)34/h4-14H,3H2,1-2H3/t14-/m1/s1. The molecule has 0 aliphatic heterocycles. The van der Waals surface area contributed by atoms with E-state index in [-0.39, 0.29) is 23.0 Å². The van der Waals surface area contributed by atoms with Gasteiger partial charge in [0, 0.05) is 32.6 Å². The number of fused-ring (bicyclic) bond motifs is 1. The molecule has 0 spiro atoms. The zero-order chi connectivity index (χ0) is 25.1. The lowest BCUT2D eigenvalue weighted by Crippen LogP contribution is -2.23. The van der Waals surface area contributed by atoms with Gasteiger partial charge in [-0.05, 0) is 42.8 Å². The fourth-order valence-electron chi connectivity index (χ4n) is 3.27. The van der Waals surface area contributed by atoms with Crippen molar-refractivity contribution in [2.24, 2.45) is 5.10 Å². The van der Waals surface area contributed by atoms with Crippen LogP contribution in [-0.2, 0) is 0 Å². The lowest BCUT2D eigenvalue weighted by molar-refractivity contribution is -0.385. The summed E-state index contributed by atoms with van der Waals surface area (Å²) < 4.78 is 8.71. The van der Waals surface area contributed by atoms with Crippen LogP contribution in [0.5, 0.6) is 11.6 Å². The van der Waals surface area contributed by atoms with Crippen molar-refractivity contribution in [2.45, 2.75) is 26.2 Å². The van der Waals surface area contributed by atoms with Gasteiger partial charge in [-0.1, -0.05) is 45.7 Å². The Morgan fingerprint density at radius 1 is 1.17 bits per heavy atom. The molecule has 0 aliphatic rings. The molecule has 2 aromatic heterocycles. The number of nitrogens with zero attached hydrogens (tertiary/aromatic N) is 5. The summed E-state index contributed by atoms with van der Waals surface area (Å²) in [4.78, 5) is 32.4. The van der Waals surface area contributed by atoms with Crippen molar-refractivity contribution in [3.05, 3.63) is 95.5 Å². The monoisotopic (exact) mass is 599 g/mol. The second-order valence-corrected chi connectivity index (χ2v) is 9.53. The van der Waals surface area contributed by atoms with Crippen LogP contribution in [0.2, 0.25) is 0 Å². The predicted molar refractivity (Wildman–Crippen MR) is 141 cm³/mol. The third-order valence-electron chi connectivity index (χ3n) is 5.32. The molecule has 0 unspecified atom stereocenters. The highest BCUT2D eigenvalue weighted by Gasteiger charge is 2.16. The van der Waals surface area contributed by atoms with Gasteiger partial charge in [-0.15, -0.1) is 0 Å². The third-order valence-corrected chi connectivity index (χ3v) is 6.30. The number of hydrogen-bond donors (Lipinski definition) is 0. The molecule has 4 aromatic rings. The molecule has 35 heavy (non-hydrogen) atoms. The zero-order valence-corrected chi connectivity index (χ0v) is 21.9. The van der Waals surface area contributed by atoms with Crippen LogP contribution in [-0.4, -0.2) is 25.8 Å². The van der Waals surface area contributed by atoms with Crippen molar-refractivity contribution in [2.75, 3.05) is 0 Å². The number of halogens is 2. The summed E-state index contributed by atoms with van der Waals surface area (Å²) in [6.07, 6.45) is 3.42. The molecule has 4 rings (SSSR count). The van der Waals surface area contributed by atoms with Crippen LogP contribution in [0.4, 0.5) is 5.69 Å². The van der Waals surface area contributed by atoms with E-state index in [1.807, 2.05) is 19.9 Å². The van der Waals surface area contributed by atoms with E-state index in [1.54, 1.807) is 30.3 Å². The number of nitro groups is 1. The summed E-state index contributed by atoms with van der Waals surface area (Å²) in [5.41, 5.74) is 0.756. The molecule has 9 nitrogen and oxygen atoms in total. The predicted octanol–water partition coefficient (Wildman–Crippen LogP) is 6.41. The van der Waals surface area contributed by atoms with Crippen molar-refractivity contribution in [1.82, 2.24) is 14.6 Å². The quantitative estimate of drug-likeness (QED) is 0.138. The van der Waals surface area contributed by atoms with E-state index in [4.69, 9.17) is 9.72 Å². The van der Waals surface area contributed by atoms with Crippen LogP contribution in [0.25, 0.3) is 10.9 Å². The number of aromatic nitrogens is 3. The third kappa shape index (κ3) is 5.46. The summed E-state index contributed by atoms with van der Waals surface area (Å²) in [5.74, 6) is 1.14. The summed E-state index contributed by atoms with van der Waals surface area (Å²) in [6, 6.07) is 13.4. The Balaban J connectivity index is 1.77. The molecule has 0 fully saturated rings. The zero-order valence-electron chi connectivity index (χ0n) is 18.7. The molecule has 0 amide bonds. The number of hydrogen-bond acceptors (Lipinski definition) is 7. The maximum absolute atomic E-state index is 13.4. The van der Waals surface area contributed by atoms with Crippen molar-refractivity contribution in [3.8, 4) is 11.6 Å². The maximum atomic E-state index is 13.4. The van der Waals surface area contributed by atoms with Crippen molar-refractivity contribution in [1.29, 1.82) is 0 Å². The molecule has 0 saturated carbocycles. The smallest absolute Gasteiger partial charge is 0.287 e. The van der Waals surface area contributed by atoms with Crippen LogP contribution < -0.4 is 10.3 Å². The Labute approximate surface area is 216 Å². The Morgan fingerprint density at radius 2 is 1.91 bits per heavy atom. The van der Waals surface area contributed by atoms with Gasteiger partial charge in [0.05, 0.1) is 22.0 Å². The minimum absolute atomic E-state index is 0.00423. The Bertz CT molecular complexity index is 1500. The number of pyridine rings is 1. The van der Waals surface area contributed by atoms with Crippen molar-refractivity contribution >= 4 is 54.7 Å². The van der Waals surface area contributed by atoms with E-state index in [2.05, 4.69) is 41.9 Å². The molecule has 2 heterocycles. The summed E-state index contributed by atoms with van der Waals surface area (Å²) >= 11 is 6.85. The highest BCUT2D eigenvalue weighted by molar-refractivity contribution is 9.10. The van der Waals surface area contributed by atoms with Gasteiger partial charge < -0.3 is 4.74 Å². The Morgan fingerprint density at radius 3 is 2.60 bits per heavy atom. The molecule has 2 aromatic carbocycles. The molecule has 0 radical (unpaired) electrons. The first-order valence-electron chi connectivity index (χ1n) is 10.6. The minimum atomic E-state index is -0.531. The molecule has 0 saturated heterocycles. The lowest BCUT2D eigenvalue weighted by atomic mass is 10.1. The van der Waals surface area contributed by atoms with Gasteiger partial charge in [0.2, 0.25) is 5.88 Å². The van der Waals surface area contributed by atoms with Gasteiger partial charge in [-0.3, -0.25) is 14.9 Å². The van der Waals surface area contributed by atoms with Crippen LogP contribution in [0.1, 0.15) is 37.6 Å². The molecule has 0 N–H and O–H groups in total.